The monoisotopic (exact) mass is 383 g/mol. The van der Waals surface area contributed by atoms with Crippen LogP contribution >= 0.6 is 0 Å². The number of nitrogen functional groups attached to an aromatic ring is 1. The summed E-state index contributed by atoms with van der Waals surface area (Å²) in [5, 5.41) is -0.444. The molecular weight excluding hydrogens is 354 g/mol. The van der Waals surface area contributed by atoms with Gasteiger partial charge in [0.2, 0.25) is 10.0 Å². The van der Waals surface area contributed by atoms with Crippen molar-refractivity contribution >= 4 is 26.9 Å². The highest BCUT2D eigenvalue weighted by molar-refractivity contribution is 7.90. The number of hydrogen-bond donors (Lipinski definition) is 2. The van der Waals surface area contributed by atoms with Crippen LogP contribution in [0.5, 0.6) is 0 Å². The molecule has 0 aromatic carbocycles. The predicted molar refractivity (Wildman–Crippen MR) is 103 cm³/mol. The lowest BCUT2D eigenvalue weighted by molar-refractivity contribution is 0.126. The van der Waals surface area contributed by atoms with E-state index >= 15 is 0 Å². The summed E-state index contributed by atoms with van der Waals surface area (Å²) in [7, 11) is -3.26. The van der Waals surface area contributed by atoms with Crippen LogP contribution in [0.2, 0.25) is 0 Å². The number of sulfonamides is 1. The molecule has 2 rings (SSSR count). The van der Waals surface area contributed by atoms with E-state index < -0.39 is 15.3 Å². The third-order valence-electron chi connectivity index (χ3n) is 4.39. The maximum atomic E-state index is 11.9. The lowest BCUT2D eigenvalue weighted by Crippen LogP contribution is -2.32. The molecule has 3 N–H and O–H groups in total. The van der Waals surface area contributed by atoms with Crippen molar-refractivity contribution in [3.63, 3.8) is 0 Å². The molecule has 0 spiro atoms. The van der Waals surface area contributed by atoms with E-state index in [1.54, 1.807) is 13.8 Å². The Hall–Kier alpha value is -1.71. The van der Waals surface area contributed by atoms with Crippen LogP contribution in [0.15, 0.2) is 0 Å². The van der Waals surface area contributed by atoms with Gasteiger partial charge in [-0.15, -0.1) is 0 Å². The Balaban J connectivity index is 2.29. The molecule has 0 aliphatic carbocycles. The van der Waals surface area contributed by atoms with E-state index in [2.05, 4.69) is 19.3 Å². The zero-order valence-corrected chi connectivity index (χ0v) is 17.0. The fraction of sp³-hybridized carbons (Fsp3) is 0.647. The molecule has 0 bridgehead atoms. The van der Waals surface area contributed by atoms with E-state index in [-0.39, 0.29) is 0 Å². The molecule has 26 heavy (non-hydrogen) atoms. The number of hydrogen-bond acceptors (Lipinski definition) is 6. The fourth-order valence-electron chi connectivity index (χ4n) is 2.71. The molecule has 2 heterocycles. The van der Waals surface area contributed by atoms with E-state index in [1.165, 1.54) is 0 Å². The second-order valence-corrected chi connectivity index (χ2v) is 8.88. The van der Waals surface area contributed by atoms with Crippen molar-refractivity contribution in [1.29, 1.82) is 0 Å². The maximum Gasteiger partial charge on any atom is 0.213 e. The van der Waals surface area contributed by atoms with Gasteiger partial charge in [-0.1, -0.05) is 0 Å². The molecule has 0 aliphatic rings. The fourth-order valence-corrected chi connectivity index (χ4v) is 3.47. The van der Waals surface area contributed by atoms with Gasteiger partial charge in [-0.05, 0) is 46.6 Å². The van der Waals surface area contributed by atoms with Crippen molar-refractivity contribution in [1.82, 2.24) is 19.3 Å². The Labute approximate surface area is 155 Å². The summed E-state index contributed by atoms with van der Waals surface area (Å²) in [5.74, 6) is 1.18. The molecule has 0 atom stereocenters. The summed E-state index contributed by atoms with van der Waals surface area (Å²) in [6, 6.07) is 0. The average molecular weight is 384 g/mol. The van der Waals surface area contributed by atoms with Gasteiger partial charge in [0.25, 0.3) is 0 Å². The number of anilines is 1. The number of pyridine rings is 1. The number of fused-ring (bicyclic) bond motifs is 1. The second kappa shape index (κ2) is 8.32. The highest BCUT2D eigenvalue weighted by atomic mass is 32.2. The van der Waals surface area contributed by atoms with Crippen LogP contribution in [0.1, 0.15) is 44.3 Å². The first-order valence-corrected chi connectivity index (χ1v) is 10.4. The van der Waals surface area contributed by atoms with Gasteiger partial charge >= 0.3 is 0 Å². The molecule has 0 unspecified atom stereocenters. The van der Waals surface area contributed by atoms with E-state index in [9.17, 15) is 8.42 Å². The van der Waals surface area contributed by atoms with Gasteiger partial charge in [0.1, 0.15) is 17.9 Å². The Morgan fingerprint density at radius 2 is 1.96 bits per heavy atom. The Kier molecular flexibility index (Phi) is 6.59. The van der Waals surface area contributed by atoms with Crippen LogP contribution < -0.4 is 10.5 Å². The normalized spacial score (nSPS) is 12.4. The number of aromatic nitrogens is 3. The smallest absolute Gasteiger partial charge is 0.213 e. The topological polar surface area (TPSA) is 112 Å². The number of aryl methyl sites for hydroxylation is 3. The number of nitrogens with two attached hydrogens (primary N) is 1. The van der Waals surface area contributed by atoms with Gasteiger partial charge < -0.3 is 15.0 Å². The van der Waals surface area contributed by atoms with Gasteiger partial charge in [0.05, 0.1) is 10.8 Å². The predicted octanol–water partition coefficient (Wildman–Crippen LogP) is 1.88. The number of imidazole rings is 1. The molecular formula is C17H29N5O3S. The maximum absolute atomic E-state index is 11.9. The molecule has 0 radical (unpaired) electrons. The van der Waals surface area contributed by atoms with Crippen LogP contribution in [0, 0.1) is 13.8 Å². The Bertz CT molecular complexity index is 874. The van der Waals surface area contributed by atoms with Gasteiger partial charge in [-0.3, -0.25) is 0 Å². The Morgan fingerprint density at radius 3 is 2.58 bits per heavy atom. The van der Waals surface area contributed by atoms with E-state index in [4.69, 9.17) is 10.5 Å². The lowest BCUT2D eigenvalue weighted by atomic mass is 10.2. The molecule has 2 aromatic heterocycles. The van der Waals surface area contributed by atoms with Crippen molar-refractivity contribution in [2.75, 3.05) is 18.9 Å². The third kappa shape index (κ3) is 4.33. The minimum Gasteiger partial charge on any atom is -0.382 e. The molecule has 0 aliphatic heterocycles. The minimum absolute atomic E-state index is 0.368. The standard InChI is InChI=1S/C17H29N5O3S/c1-6-25-10-14-21-15-16(12(4)13(5)20-17(15)18)22(14)9-7-8-19-26(23,24)11(2)3/h11,19H,6-10H2,1-5H3,(H2,18,20). The Morgan fingerprint density at radius 1 is 1.27 bits per heavy atom. The minimum atomic E-state index is -3.26. The van der Waals surface area contributed by atoms with Crippen molar-refractivity contribution in [3.8, 4) is 0 Å². The zero-order chi connectivity index (χ0) is 19.5. The quantitative estimate of drug-likeness (QED) is 0.640. The summed E-state index contributed by atoms with van der Waals surface area (Å²) >= 11 is 0. The van der Waals surface area contributed by atoms with E-state index in [1.807, 2.05) is 20.8 Å². The summed E-state index contributed by atoms with van der Waals surface area (Å²) < 4.78 is 34.0. The van der Waals surface area contributed by atoms with E-state index in [0.29, 0.717) is 44.1 Å². The third-order valence-corrected chi connectivity index (χ3v) is 6.24. The molecule has 146 valence electrons. The number of rotatable bonds is 9. The molecule has 0 fully saturated rings. The molecule has 2 aromatic rings. The molecule has 0 saturated carbocycles. The largest absolute Gasteiger partial charge is 0.382 e. The number of nitrogens with zero attached hydrogens (tertiary/aromatic N) is 3. The average Bonchev–Trinajstić information content (AvgIpc) is 2.94. The van der Waals surface area contributed by atoms with Crippen LogP contribution in [0.25, 0.3) is 11.0 Å². The molecule has 9 heteroatoms. The summed E-state index contributed by atoms with van der Waals surface area (Å²) in [5.41, 5.74) is 9.56. The summed E-state index contributed by atoms with van der Waals surface area (Å²) in [4.78, 5) is 8.97. The highest BCUT2D eigenvalue weighted by Crippen LogP contribution is 2.26. The van der Waals surface area contributed by atoms with Gasteiger partial charge in [0, 0.05) is 25.4 Å². The van der Waals surface area contributed by atoms with Gasteiger partial charge in [0.15, 0.2) is 5.82 Å². The number of ether oxygens (including phenoxy) is 1. The second-order valence-electron chi connectivity index (χ2n) is 6.56. The van der Waals surface area contributed by atoms with Crippen LogP contribution in [0.4, 0.5) is 5.82 Å². The first kappa shape index (κ1) is 20.6. The zero-order valence-electron chi connectivity index (χ0n) is 16.2. The molecule has 0 saturated heterocycles. The van der Waals surface area contributed by atoms with Crippen molar-refractivity contribution in [2.24, 2.45) is 0 Å². The van der Waals surface area contributed by atoms with Crippen LogP contribution in [-0.4, -0.2) is 41.4 Å². The molecule has 8 nitrogen and oxygen atoms in total. The van der Waals surface area contributed by atoms with Gasteiger partial charge in [-0.2, -0.15) is 0 Å². The van der Waals surface area contributed by atoms with Crippen LogP contribution in [0.3, 0.4) is 0 Å². The van der Waals surface area contributed by atoms with Gasteiger partial charge in [-0.25, -0.2) is 23.1 Å². The van der Waals surface area contributed by atoms with Crippen molar-refractivity contribution in [2.45, 2.75) is 59.4 Å². The summed E-state index contributed by atoms with van der Waals surface area (Å²) in [6.07, 6.45) is 0.636. The summed E-state index contributed by atoms with van der Waals surface area (Å²) in [6.45, 7) is 11.1. The number of nitrogens with one attached hydrogen (secondary N) is 1. The lowest BCUT2D eigenvalue weighted by Gasteiger charge is -2.13. The van der Waals surface area contributed by atoms with Crippen molar-refractivity contribution < 1.29 is 13.2 Å². The van der Waals surface area contributed by atoms with Crippen LogP contribution in [-0.2, 0) is 27.9 Å². The van der Waals surface area contributed by atoms with Crippen molar-refractivity contribution in [3.05, 3.63) is 17.1 Å². The first-order chi connectivity index (χ1) is 12.2. The molecule has 0 amide bonds. The van der Waals surface area contributed by atoms with E-state index in [0.717, 1.165) is 22.6 Å². The highest BCUT2D eigenvalue weighted by Gasteiger charge is 2.18. The SMILES string of the molecule is CCOCc1nc2c(N)nc(C)c(C)c2n1CCCNS(=O)(=O)C(C)C. The first-order valence-electron chi connectivity index (χ1n) is 8.87.